The number of hydrogen-bond acceptors (Lipinski definition) is 3. The van der Waals surface area contributed by atoms with E-state index in [2.05, 4.69) is 25.4 Å². The fraction of sp³-hybridized carbons (Fsp3) is 0. The van der Waals surface area contributed by atoms with Gasteiger partial charge in [0.15, 0.2) is 0 Å². The van der Waals surface area contributed by atoms with E-state index < -0.39 is 15.7 Å². The minimum absolute atomic E-state index is 0.134. The molecule has 20 heavy (non-hydrogen) atoms. The van der Waals surface area contributed by atoms with Crippen LogP contribution in [0, 0.1) is 0 Å². The first-order valence-corrected chi connectivity index (χ1v) is 8.59. The van der Waals surface area contributed by atoms with Gasteiger partial charge >= 0.3 is 5.67 Å². The maximum absolute atomic E-state index is 12.2. The molecule has 0 aliphatic rings. The van der Waals surface area contributed by atoms with Gasteiger partial charge in [-0.1, -0.05) is 47.5 Å². The van der Waals surface area contributed by atoms with Crippen LogP contribution in [0.25, 0.3) is 0 Å². The summed E-state index contributed by atoms with van der Waals surface area (Å²) >= 11 is 14.9. The Bertz CT molecular complexity index is 716. The Morgan fingerprint density at radius 3 is 2.35 bits per heavy atom. The molecule has 1 aromatic heterocycles. The van der Waals surface area contributed by atoms with Gasteiger partial charge in [0.05, 0.1) is 4.90 Å². The van der Waals surface area contributed by atoms with Crippen molar-refractivity contribution in [2.75, 3.05) is 0 Å². The molecular weight excluding hydrogens is 386 g/mol. The van der Waals surface area contributed by atoms with E-state index in [-0.39, 0.29) is 15.2 Å². The first kappa shape index (κ1) is 15.8. The summed E-state index contributed by atoms with van der Waals surface area (Å²) < 4.78 is 26.8. The van der Waals surface area contributed by atoms with Gasteiger partial charge < -0.3 is 0 Å². The smallest absolute Gasteiger partial charge is 0.234 e. The van der Waals surface area contributed by atoms with Crippen molar-refractivity contribution in [1.82, 2.24) is 9.62 Å². The molecule has 0 amide bonds. The zero-order chi connectivity index (χ0) is 14.8. The van der Waals surface area contributed by atoms with Gasteiger partial charge in [0.25, 0.3) is 0 Å². The van der Waals surface area contributed by atoms with Crippen molar-refractivity contribution in [1.29, 1.82) is 0 Å². The van der Waals surface area contributed by atoms with E-state index in [1.165, 1.54) is 18.2 Å². The van der Waals surface area contributed by atoms with Crippen LogP contribution in [-0.4, -0.2) is 19.1 Å². The van der Waals surface area contributed by atoms with Crippen molar-refractivity contribution < 1.29 is 8.42 Å². The lowest BCUT2D eigenvalue weighted by Gasteiger charge is -2.11. The highest BCUT2D eigenvalue weighted by Crippen LogP contribution is 2.13. The first-order chi connectivity index (χ1) is 9.40. The fourth-order valence-corrected chi connectivity index (χ4v) is 4.22. The molecule has 1 aromatic carbocycles. The molecule has 0 aliphatic heterocycles. The normalized spacial score (nSPS) is 11.3. The highest BCUT2D eigenvalue weighted by molar-refractivity contribution is 9.25. The summed E-state index contributed by atoms with van der Waals surface area (Å²) in [5.41, 5.74) is -0.222. The molecule has 0 atom stereocenters. The number of hydrogen-bond donors (Lipinski definition) is 1. The lowest BCUT2D eigenvalue weighted by atomic mass is 9.86. The fourth-order valence-electron chi connectivity index (χ4n) is 1.48. The third-order valence-corrected chi connectivity index (χ3v) is 5.41. The van der Waals surface area contributed by atoms with E-state index in [0.29, 0.717) is 5.46 Å². The molecule has 9 heteroatoms. The van der Waals surface area contributed by atoms with Crippen LogP contribution < -0.4 is 10.1 Å². The Kier molecular flexibility index (Phi) is 5.09. The third-order valence-electron chi connectivity index (χ3n) is 2.43. The maximum Gasteiger partial charge on any atom is 0.350 e. The van der Waals surface area contributed by atoms with Crippen molar-refractivity contribution in [3.63, 3.8) is 0 Å². The highest BCUT2D eigenvalue weighted by Gasteiger charge is 2.25. The zero-order valence-electron chi connectivity index (χ0n) is 9.92. The van der Waals surface area contributed by atoms with Gasteiger partial charge in [-0.15, -0.1) is 15.8 Å². The number of nitrogens with one attached hydrogen (secondary N) is 1. The second-order valence-corrected chi connectivity index (χ2v) is 7.19. The molecule has 0 aliphatic carbocycles. The Balaban J connectivity index is 2.25. The molecule has 0 fully saturated rings. The van der Waals surface area contributed by atoms with Crippen molar-refractivity contribution in [2.24, 2.45) is 0 Å². The van der Waals surface area contributed by atoms with E-state index in [1.54, 1.807) is 24.3 Å². The van der Waals surface area contributed by atoms with Crippen LogP contribution in [0.2, 0.25) is 10.3 Å². The molecule has 0 spiro atoms. The molecule has 2 aromatic rings. The average molecular weight is 394 g/mol. The minimum Gasteiger partial charge on any atom is -0.234 e. The third kappa shape index (κ3) is 3.74. The molecule has 104 valence electrons. The molecule has 0 saturated heterocycles. The largest absolute Gasteiger partial charge is 0.350 e. The topological polar surface area (TPSA) is 59.1 Å². The summed E-state index contributed by atoms with van der Waals surface area (Å²) in [4.78, 5) is 4.03. The van der Waals surface area contributed by atoms with E-state index in [4.69, 9.17) is 23.2 Å². The quantitative estimate of drug-likeness (QED) is 0.641. The number of rotatable bonds is 4. The summed E-state index contributed by atoms with van der Waals surface area (Å²) in [6.45, 7) is 0. The number of benzene rings is 1. The monoisotopic (exact) mass is 392 g/mol. The molecular formula is C11H8BBrCl2N2O2S. The number of pyridine rings is 1. The summed E-state index contributed by atoms with van der Waals surface area (Å²) in [6, 6.07) is 11.2. The van der Waals surface area contributed by atoms with Gasteiger partial charge in [-0.25, -0.2) is 18.0 Å². The van der Waals surface area contributed by atoms with Crippen molar-refractivity contribution in [3.8, 4) is 0 Å². The lowest BCUT2D eigenvalue weighted by molar-refractivity contribution is 0.593. The van der Waals surface area contributed by atoms with Gasteiger partial charge in [-0.3, -0.25) is 0 Å². The van der Waals surface area contributed by atoms with Crippen LogP contribution in [0.3, 0.4) is 0 Å². The van der Waals surface area contributed by atoms with E-state index in [9.17, 15) is 8.42 Å². The van der Waals surface area contributed by atoms with Gasteiger partial charge in [-0.2, -0.15) is 0 Å². The molecule has 0 bridgehead atoms. The van der Waals surface area contributed by atoms with Crippen LogP contribution in [-0.2, 0) is 10.0 Å². The SMILES string of the molecule is O=S(=O)(NB(Br)c1ccc(Cl)nc1Cl)c1ccccc1. The Morgan fingerprint density at radius 1 is 1.10 bits per heavy atom. The number of aromatic nitrogens is 1. The molecule has 4 nitrogen and oxygen atoms in total. The second-order valence-electron chi connectivity index (χ2n) is 3.81. The van der Waals surface area contributed by atoms with Crippen LogP contribution >= 0.6 is 39.0 Å². The second kappa shape index (κ2) is 6.45. The van der Waals surface area contributed by atoms with Gasteiger partial charge in [0.2, 0.25) is 10.0 Å². The maximum atomic E-state index is 12.2. The lowest BCUT2D eigenvalue weighted by Crippen LogP contribution is -2.44. The number of sulfonamides is 1. The Hall–Kier alpha value is -0.595. The van der Waals surface area contributed by atoms with Crippen LogP contribution in [0.5, 0.6) is 0 Å². The molecule has 1 N–H and O–H groups in total. The van der Waals surface area contributed by atoms with Crippen LogP contribution in [0.15, 0.2) is 47.4 Å². The van der Waals surface area contributed by atoms with E-state index in [1.807, 2.05) is 0 Å². The van der Waals surface area contributed by atoms with E-state index in [0.717, 1.165) is 0 Å². The first-order valence-electron chi connectivity index (χ1n) is 5.43. The Morgan fingerprint density at radius 2 is 1.75 bits per heavy atom. The van der Waals surface area contributed by atoms with Crippen LogP contribution in [0.1, 0.15) is 0 Å². The van der Waals surface area contributed by atoms with E-state index >= 15 is 0 Å². The predicted octanol–water partition coefficient (Wildman–Crippen LogP) is 2.46. The summed E-state index contributed by atoms with van der Waals surface area (Å²) in [5.74, 6) is 0. The summed E-state index contributed by atoms with van der Waals surface area (Å²) in [6.07, 6.45) is 0. The zero-order valence-corrected chi connectivity index (χ0v) is 13.8. The molecule has 0 radical (unpaired) electrons. The molecule has 2 rings (SSSR count). The van der Waals surface area contributed by atoms with Crippen molar-refractivity contribution >= 4 is 60.1 Å². The summed E-state index contributed by atoms with van der Waals surface area (Å²) in [5, 5.41) is 0.375. The standard InChI is InChI=1S/C11H8BBrCl2N2O2S/c13-12(9-6-7-10(14)16-11(9)15)17-20(18,19)8-4-2-1-3-5-8/h1-7,17H. The number of nitrogens with zero attached hydrogens (tertiary/aromatic N) is 1. The Labute approximate surface area is 135 Å². The average Bonchev–Trinajstić information content (AvgIpc) is 2.39. The number of halogens is 3. The molecule has 0 unspecified atom stereocenters. The van der Waals surface area contributed by atoms with Gasteiger partial charge in [0, 0.05) is 0 Å². The summed E-state index contributed by atoms with van der Waals surface area (Å²) in [7, 11) is -3.65. The van der Waals surface area contributed by atoms with Crippen LogP contribution in [0.4, 0.5) is 0 Å². The molecule has 1 heterocycles. The van der Waals surface area contributed by atoms with Gasteiger partial charge in [-0.05, 0) is 23.7 Å². The van der Waals surface area contributed by atoms with Gasteiger partial charge in [0.1, 0.15) is 10.3 Å². The van der Waals surface area contributed by atoms with Crippen molar-refractivity contribution in [3.05, 3.63) is 52.8 Å². The minimum atomic E-state index is -3.65. The van der Waals surface area contributed by atoms with Crippen molar-refractivity contribution in [2.45, 2.75) is 4.90 Å². The predicted molar refractivity (Wildman–Crippen MR) is 85.3 cm³/mol. The highest BCUT2D eigenvalue weighted by atomic mass is 79.9. The molecule has 0 saturated carbocycles.